The van der Waals surface area contributed by atoms with Crippen molar-refractivity contribution >= 4 is 16.9 Å². The molecule has 0 saturated carbocycles. The van der Waals surface area contributed by atoms with Gasteiger partial charge >= 0.3 is 5.97 Å². The van der Waals surface area contributed by atoms with Gasteiger partial charge in [0.25, 0.3) is 0 Å². The van der Waals surface area contributed by atoms with Crippen molar-refractivity contribution in [2.45, 2.75) is 46.1 Å². The summed E-state index contributed by atoms with van der Waals surface area (Å²) in [5, 5.41) is 10.2. The van der Waals surface area contributed by atoms with Crippen LogP contribution < -0.4 is 0 Å². The van der Waals surface area contributed by atoms with Gasteiger partial charge in [-0.05, 0) is 39.0 Å². The number of hydrogen-bond donors (Lipinski definition) is 1. The fourth-order valence-corrected chi connectivity index (χ4v) is 2.70. The molecule has 0 fully saturated rings. The maximum absolute atomic E-state index is 10.9. The monoisotopic (exact) mass is 259 g/mol. The third kappa shape index (κ3) is 2.65. The van der Waals surface area contributed by atoms with E-state index < -0.39 is 5.97 Å². The van der Waals surface area contributed by atoms with Crippen molar-refractivity contribution in [2.24, 2.45) is 0 Å². The van der Waals surface area contributed by atoms with E-state index in [1.54, 1.807) is 0 Å². The predicted octanol–water partition coefficient (Wildman–Crippen LogP) is 4.11. The summed E-state index contributed by atoms with van der Waals surface area (Å²) in [5.41, 5.74) is 3.52. The summed E-state index contributed by atoms with van der Waals surface area (Å²) < 4.78 is 2.25. The van der Waals surface area contributed by atoms with Gasteiger partial charge in [0.15, 0.2) is 0 Å². The summed E-state index contributed by atoms with van der Waals surface area (Å²) in [4.78, 5) is 10.9. The molecule has 0 spiro atoms. The highest BCUT2D eigenvalue weighted by Gasteiger charge is 2.18. The number of benzene rings is 1. The Morgan fingerprint density at radius 3 is 2.53 bits per heavy atom. The fourth-order valence-electron chi connectivity index (χ4n) is 2.70. The summed E-state index contributed by atoms with van der Waals surface area (Å²) in [5.74, 6) is -0.725. The van der Waals surface area contributed by atoms with E-state index in [0.717, 1.165) is 5.69 Å². The second-order valence-corrected chi connectivity index (χ2v) is 5.59. The molecule has 0 aliphatic heterocycles. The van der Waals surface area contributed by atoms with Crippen LogP contribution in [0.4, 0.5) is 0 Å². The summed E-state index contributed by atoms with van der Waals surface area (Å²) >= 11 is 0. The first-order valence-electron chi connectivity index (χ1n) is 6.73. The molecule has 0 bridgehead atoms. The zero-order valence-electron chi connectivity index (χ0n) is 12.0. The van der Waals surface area contributed by atoms with Gasteiger partial charge in [-0.15, -0.1) is 0 Å². The second-order valence-electron chi connectivity index (χ2n) is 5.59. The number of fused-ring (bicyclic) bond motifs is 1. The fraction of sp³-hybridized carbons (Fsp3) is 0.438. The Bertz CT molecular complexity index is 610. The van der Waals surface area contributed by atoms with E-state index >= 15 is 0 Å². The molecule has 3 heteroatoms. The molecule has 2 rings (SSSR count). The predicted molar refractivity (Wildman–Crippen MR) is 77.7 cm³/mol. The van der Waals surface area contributed by atoms with Crippen LogP contribution in [0.1, 0.15) is 50.4 Å². The van der Waals surface area contributed by atoms with Gasteiger partial charge in [-0.1, -0.05) is 18.6 Å². The number of carboxylic acids is 1. The normalized spacial score (nSPS) is 13.1. The molecule has 0 amide bonds. The Labute approximate surface area is 113 Å². The standard InChI is InChI=1S/C16H21NO2/c1-10(2)17-14-6-5-11(3)7-13(14)9-15(17)12(4)8-16(18)19/h5-7,9-10,12H,8H2,1-4H3,(H,18,19). The third-order valence-corrected chi connectivity index (χ3v) is 3.53. The Morgan fingerprint density at radius 2 is 1.95 bits per heavy atom. The second kappa shape index (κ2) is 5.08. The number of carbonyl (C=O) groups is 1. The lowest BCUT2D eigenvalue weighted by Crippen LogP contribution is -2.11. The lowest BCUT2D eigenvalue weighted by molar-refractivity contribution is -0.137. The van der Waals surface area contributed by atoms with E-state index in [4.69, 9.17) is 5.11 Å². The van der Waals surface area contributed by atoms with Crippen molar-refractivity contribution in [3.8, 4) is 0 Å². The highest BCUT2D eigenvalue weighted by molar-refractivity contribution is 5.82. The molecule has 0 radical (unpaired) electrons. The number of carboxylic acid groups (broad SMARTS) is 1. The van der Waals surface area contributed by atoms with Crippen LogP contribution >= 0.6 is 0 Å². The van der Waals surface area contributed by atoms with E-state index in [2.05, 4.69) is 49.6 Å². The quantitative estimate of drug-likeness (QED) is 0.897. The number of aryl methyl sites for hydroxylation is 1. The maximum Gasteiger partial charge on any atom is 0.304 e. The molecule has 2 aromatic rings. The third-order valence-electron chi connectivity index (χ3n) is 3.53. The Hall–Kier alpha value is -1.77. The summed E-state index contributed by atoms with van der Waals surface area (Å²) in [6.07, 6.45) is 0.169. The molecule has 1 aromatic carbocycles. The lowest BCUT2D eigenvalue weighted by Gasteiger charge is -2.18. The van der Waals surface area contributed by atoms with Gasteiger partial charge in [0.2, 0.25) is 0 Å². The van der Waals surface area contributed by atoms with Gasteiger partial charge in [0.05, 0.1) is 6.42 Å². The largest absolute Gasteiger partial charge is 0.481 e. The SMILES string of the molecule is Cc1ccc2c(c1)cc(C(C)CC(=O)O)n2C(C)C. The zero-order chi connectivity index (χ0) is 14.2. The number of nitrogens with zero attached hydrogens (tertiary/aromatic N) is 1. The van der Waals surface area contributed by atoms with Crippen molar-refractivity contribution in [1.82, 2.24) is 4.57 Å². The van der Waals surface area contributed by atoms with Crippen LogP contribution in [-0.2, 0) is 4.79 Å². The summed E-state index contributed by atoms with van der Waals surface area (Å²) in [6, 6.07) is 8.85. The zero-order valence-corrected chi connectivity index (χ0v) is 12.0. The number of rotatable bonds is 4. The molecule has 1 N–H and O–H groups in total. The Kier molecular flexibility index (Phi) is 3.65. The molecular formula is C16H21NO2. The van der Waals surface area contributed by atoms with Gasteiger partial charge in [-0.3, -0.25) is 4.79 Å². The van der Waals surface area contributed by atoms with Crippen LogP contribution in [0.25, 0.3) is 10.9 Å². The van der Waals surface area contributed by atoms with Gasteiger partial charge in [0, 0.05) is 28.6 Å². The van der Waals surface area contributed by atoms with Crippen LogP contribution in [0.5, 0.6) is 0 Å². The average molecular weight is 259 g/mol. The number of hydrogen-bond acceptors (Lipinski definition) is 1. The van der Waals surface area contributed by atoms with Gasteiger partial charge < -0.3 is 9.67 Å². The van der Waals surface area contributed by atoms with E-state index in [9.17, 15) is 4.79 Å². The van der Waals surface area contributed by atoms with Crippen molar-refractivity contribution in [2.75, 3.05) is 0 Å². The first-order valence-corrected chi connectivity index (χ1v) is 6.73. The minimum absolute atomic E-state index is 0.0209. The van der Waals surface area contributed by atoms with E-state index in [1.807, 2.05) is 6.92 Å². The van der Waals surface area contributed by atoms with Crippen LogP contribution in [0.3, 0.4) is 0 Å². The van der Waals surface area contributed by atoms with Crippen molar-refractivity contribution in [3.05, 3.63) is 35.5 Å². The van der Waals surface area contributed by atoms with Gasteiger partial charge in [0.1, 0.15) is 0 Å². The molecule has 1 heterocycles. The van der Waals surface area contributed by atoms with E-state index in [1.165, 1.54) is 16.5 Å². The highest BCUT2D eigenvalue weighted by Crippen LogP contribution is 2.31. The van der Waals surface area contributed by atoms with E-state index in [0.29, 0.717) is 6.04 Å². The first-order chi connectivity index (χ1) is 8.90. The van der Waals surface area contributed by atoms with Crippen molar-refractivity contribution in [3.63, 3.8) is 0 Å². The molecule has 19 heavy (non-hydrogen) atoms. The topological polar surface area (TPSA) is 42.2 Å². The smallest absolute Gasteiger partial charge is 0.304 e. The molecule has 0 saturated heterocycles. The number of aromatic nitrogens is 1. The Balaban J connectivity index is 2.59. The van der Waals surface area contributed by atoms with Crippen LogP contribution in [-0.4, -0.2) is 15.6 Å². The highest BCUT2D eigenvalue weighted by atomic mass is 16.4. The minimum Gasteiger partial charge on any atom is -0.481 e. The van der Waals surface area contributed by atoms with Crippen molar-refractivity contribution < 1.29 is 9.90 Å². The first kappa shape index (κ1) is 13.7. The van der Waals surface area contributed by atoms with Gasteiger partial charge in [-0.2, -0.15) is 0 Å². The molecule has 1 aromatic heterocycles. The molecule has 3 nitrogen and oxygen atoms in total. The summed E-state index contributed by atoms with van der Waals surface area (Å²) in [6.45, 7) is 8.33. The summed E-state index contributed by atoms with van der Waals surface area (Å²) in [7, 11) is 0. The van der Waals surface area contributed by atoms with Crippen LogP contribution in [0.2, 0.25) is 0 Å². The lowest BCUT2D eigenvalue weighted by atomic mass is 10.0. The minimum atomic E-state index is -0.746. The average Bonchev–Trinajstić information content (AvgIpc) is 2.66. The van der Waals surface area contributed by atoms with E-state index in [-0.39, 0.29) is 12.3 Å². The molecule has 0 aliphatic carbocycles. The van der Waals surface area contributed by atoms with Gasteiger partial charge in [-0.25, -0.2) is 0 Å². The van der Waals surface area contributed by atoms with Crippen LogP contribution in [0, 0.1) is 6.92 Å². The maximum atomic E-state index is 10.9. The number of aliphatic carboxylic acids is 1. The molecular weight excluding hydrogens is 238 g/mol. The molecule has 1 atom stereocenters. The van der Waals surface area contributed by atoms with Crippen LogP contribution in [0.15, 0.2) is 24.3 Å². The molecule has 0 aliphatic rings. The molecule has 102 valence electrons. The van der Waals surface area contributed by atoms with Crippen molar-refractivity contribution in [1.29, 1.82) is 0 Å². The Morgan fingerprint density at radius 1 is 1.26 bits per heavy atom. The molecule has 1 unspecified atom stereocenters.